The van der Waals surface area contributed by atoms with Crippen molar-refractivity contribution in [1.82, 2.24) is 10.6 Å². The normalized spacial score (nSPS) is 11.7. The fraction of sp³-hybridized carbons (Fsp3) is 0.429. The monoisotopic (exact) mass is 264 g/mol. The topological polar surface area (TPSA) is 67.4 Å². The average Bonchev–Trinajstić information content (AvgIpc) is 2.41. The van der Waals surface area contributed by atoms with Crippen molar-refractivity contribution < 1.29 is 14.3 Å². The Morgan fingerprint density at radius 3 is 2.47 bits per heavy atom. The summed E-state index contributed by atoms with van der Waals surface area (Å²) in [5, 5.41) is 5.59. The first kappa shape index (κ1) is 15.2. The molecule has 0 aliphatic carbocycles. The van der Waals surface area contributed by atoms with E-state index in [4.69, 9.17) is 4.74 Å². The quantitative estimate of drug-likeness (QED) is 0.721. The van der Waals surface area contributed by atoms with Gasteiger partial charge in [0.25, 0.3) is 0 Å². The van der Waals surface area contributed by atoms with Gasteiger partial charge >= 0.3 is 5.97 Å². The van der Waals surface area contributed by atoms with E-state index >= 15 is 0 Å². The molecule has 0 saturated heterocycles. The zero-order valence-electron chi connectivity index (χ0n) is 11.3. The summed E-state index contributed by atoms with van der Waals surface area (Å²) in [6, 6.07) is 8.59. The second-order valence-corrected chi connectivity index (χ2v) is 3.93. The van der Waals surface area contributed by atoms with Gasteiger partial charge in [-0.3, -0.25) is 10.1 Å². The summed E-state index contributed by atoms with van der Waals surface area (Å²) in [6.07, 6.45) is 0. The van der Waals surface area contributed by atoms with Crippen LogP contribution in [-0.4, -0.2) is 31.6 Å². The molecule has 0 aliphatic heterocycles. The molecule has 19 heavy (non-hydrogen) atoms. The van der Waals surface area contributed by atoms with E-state index in [9.17, 15) is 9.59 Å². The van der Waals surface area contributed by atoms with Crippen molar-refractivity contribution in [3.8, 4) is 0 Å². The second kappa shape index (κ2) is 8.26. The van der Waals surface area contributed by atoms with Crippen LogP contribution < -0.4 is 10.6 Å². The largest absolute Gasteiger partial charge is 0.465 e. The van der Waals surface area contributed by atoms with Crippen LogP contribution in [0.1, 0.15) is 25.5 Å². The van der Waals surface area contributed by atoms with Crippen molar-refractivity contribution in [2.24, 2.45) is 0 Å². The fourth-order valence-corrected chi connectivity index (χ4v) is 1.66. The molecule has 0 radical (unpaired) electrons. The standard InChI is InChI=1S/C14H20N2O3/c1-3-15-12(17)10-16-13(14(18)19-4-2)11-8-6-5-7-9-11/h5-9,13,16H,3-4,10H2,1-2H3,(H,15,17). The summed E-state index contributed by atoms with van der Waals surface area (Å²) in [4.78, 5) is 23.3. The lowest BCUT2D eigenvalue weighted by molar-refractivity contribution is -0.145. The molecular formula is C14H20N2O3. The van der Waals surface area contributed by atoms with E-state index in [1.807, 2.05) is 37.3 Å². The molecule has 0 fully saturated rings. The van der Waals surface area contributed by atoms with Crippen LogP contribution in [0.25, 0.3) is 0 Å². The molecule has 1 atom stereocenters. The molecule has 1 amide bonds. The maximum atomic E-state index is 11.9. The summed E-state index contributed by atoms with van der Waals surface area (Å²) in [5.41, 5.74) is 0.783. The van der Waals surface area contributed by atoms with Gasteiger partial charge in [0.2, 0.25) is 5.91 Å². The highest BCUT2D eigenvalue weighted by Gasteiger charge is 2.21. The van der Waals surface area contributed by atoms with E-state index in [-0.39, 0.29) is 18.4 Å². The van der Waals surface area contributed by atoms with Crippen LogP contribution >= 0.6 is 0 Å². The molecule has 5 nitrogen and oxygen atoms in total. The lowest BCUT2D eigenvalue weighted by Crippen LogP contribution is -2.38. The number of ether oxygens (including phenoxy) is 1. The maximum Gasteiger partial charge on any atom is 0.327 e. The van der Waals surface area contributed by atoms with Crippen LogP contribution in [0.2, 0.25) is 0 Å². The Bertz CT molecular complexity index is 406. The van der Waals surface area contributed by atoms with Gasteiger partial charge in [-0.05, 0) is 19.4 Å². The van der Waals surface area contributed by atoms with E-state index in [0.29, 0.717) is 13.2 Å². The smallest absolute Gasteiger partial charge is 0.327 e. The van der Waals surface area contributed by atoms with Crippen molar-refractivity contribution in [2.75, 3.05) is 19.7 Å². The van der Waals surface area contributed by atoms with Gasteiger partial charge in [0.1, 0.15) is 6.04 Å². The molecule has 1 aromatic carbocycles. The van der Waals surface area contributed by atoms with Crippen LogP contribution in [-0.2, 0) is 14.3 Å². The number of amides is 1. The van der Waals surface area contributed by atoms with E-state index in [2.05, 4.69) is 10.6 Å². The van der Waals surface area contributed by atoms with Crippen LogP contribution in [0, 0.1) is 0 Å². The Morgan fingerprint density at radius 2 is 1.89 bits per heavy atom. The van der Waals surface area contributed by atoms with Gasteiger partial charge in [-0.2, -0.15) is 0 Å². The molecule has 5 heteroatoms. The summed E-state index contributed by atoms with van der Waals surface area (Å²) >= 11 is 0. The molecule has 104 valence electrons. The number of hydrogen-bond acceptors (Lipinski definition) is 4. The van der Waals surface area contributed by atoms with E-state index in [0.717, 1.165) is 5.56 Å². The number of likely N-dealkylation sites (N-methyl/N-ethyl adjacent to an activating group) is 1. The molecule has 2 N–H and O–H groups in total. The van der Waals surface area contributed by atoms with Crippen LogP contribution in [0.3, 0.4) is 0 Å². The van der Waals surface area contributed by atoms with Gasteiger partial charge in [0.15, 0.2) is 0 Å². The highest BCUT2D eigenvalue weighted by atomic mass is 16.5. The molecule has 1 rings (SSSR count). The average molecular weight is 264 g/mol. The SMILES string of the molecule is CCNC(=O)CNC(C(=O)OCC)c1ccccc1. The number of nitrogens with one attached hydrogen (secondary N) is 2. The number of benzene rings is 1. The number of hydrogen-bond donors (Lipinski definition) is 2. The Balaban J connectivity index is 2.70. The Labute approximate surface area is 113 Å². The van der Waals surface area contributed by atoms with E-state index < -0.39 is 6.04 Å². The van der Waals surface area contributed by atoms with Gasteiger partial charge in [0, 0.05) is 6.54 Å². The lowest BCUT2D eigenvalue weighted by Gasteiger charge is -2.17. The highest BCUT2D eigenvalue weighted by Crippen LogP contribution is 2.13. The fourth-order valence-electron chi connectivity index (χ4n) is 1.66. The van der Waals surface area contributed by atoms with Crippen molar-refractivity contribution in [3.05, 3.63) is 35.9 Å². The number of carbonyl (C=O) groups is 2. The molecule has 0 aromatic heterocycles. The van der Waals surface area contributed by atoms with Gasteiger partial charge < -0.3 is 10.1 Å². The highest BCUT2D eigenvalue weighted by molar-refractivity contribution is 5.81. The molecule has 1 unspecified atom stereocenters. The van der Waals surface area contributed by atoms with Gasteiger partial charge in [-0.25, -0.2) is 4.79 Å². The summed E-state index contributed by atoms with van der Waals surface area (Å²) in [6.45, 7) is 4.55. The van der Waals surface area contributed by atoms with E-state index in [1.165, 1.54) is 0 Å². The number of esters is 1. The van der Waals surface area contributed by atoms with Crippen LogP contribution in [0.5, 0.6) is 0 Å². The van der Waals surface area contributed by atoms with Crippen molar-refractivity contribution >= 4 is 11.9 Å². The summed E-state index contributed by atoms with van der Waals surface area (Å²) in [7, 11) is 0. The third kappa shape index (κ3) is 5.09. The van der Waals surface area contributed by atoms with Crippen LogP contribution in [0.4, 0.5) is 0 Å². The van der Waals surface area contributed by atoms with Crippen molar-refractivity contribution in [3.63, 3.8) is 0 Å². The minimum atomic E-state index is -0.622. The zero-order valence-corrected chi connectivity index (χ0v) is 11.3. The summed E-state index contributed by atoms with van der Waals surface area (Å²) < 4.78 is 5.02. The molecule has 1 aromatic rings. The second-order valence-electron chi connectivity index (χ2n) is 3.93. The summed E-state index contributed by atoms with van der Waals surface area (Å²) in [5.74, 6) is -0.522. The maximum absolute atomic E-state index is 11.9. The Morgan fingerprint density at radius 1 is 1.21 bits per heavy atom. The lowest BCUT2D eigenvalue weighted by atomic mass is 10.1. The van der Waals surface area contributed by atoms with E-state index in [1.54, 1.807) is 6.92 Å². The molecule has 0 spiro atoms. The first-order valence-corrected chi connectivity index (χ1v) is 6.40. The van der Waals surface area contributed by atoms with Crippen molar-refractivity contribution in [2.45, 2.75) is 19.9 Å². The molecule has 0 heterocycles. The first-order chi connectivity index (χ1) is 9.19. The van der Waals surface area contributed by atoms with Gasteiger partial charge in [-0.1, -0.05) is 30.3 Å². The predicted molar refractivity (Wildman–Crippen MR) is 72.5 cm³/mol. The zero-order chi connectivity index (χ0) is 14.1. The Kier molecular flexibility index (Phi) is 6.60. The minimum absolute atomic E-state index is 0.0756. The van der Waals surface area contributed by atoms with Crippen LogP contribution in [0.15, 0.2) is 30.3 Å². The molecule has 0 saturated carbocycles. The van der Waals surface area contributed by atoms with Crippen molar-refractivity contribution in [1.29, 1.82) is 0 Å². The predicted octanol–water partition coefficient (Wildman–Crippen LogP) is 1.02. The van der Waals surface area contributed by atoms with Gasteiger partial charge in [-0.15, -0.1) is 0 Å². The van der Waals surface area contributed by atoms with Gasteiger partial charge in [0.05, 0.1) is 13.2 Å². The third-order valence-electron chi connectivity index (χ3n) is 2.50. The molecular weight excluding hydrogens is 244 g/mol. The number of carbonyl (C=O) groups excluding carboxylic acids is 2. The first-order valence-electron chi connectivity index (χ1n) is 6.40. The minimum Gasteiger partial charge on any atom is -0.465 e. The third-order valence-corrected chi connectivity index (χ3v) is 2.50. The number of rotatable bonds is 7. The molecule has 0 bridgehead atoms. The molecule has 0 aliphatic rings. The Hall–Kier alpha value is -1.88.